The minimum Gasteiger partial charge on any atom is -0.462 e. The number of likely N-dealkylation sites (tertiary alicyclic amines) is 1. The van der Waals surface area contributed by atoms with Gasteiger partial charge in [0.15, 0.2) is 0 Å². The van der Waals surface area contributed by atoms with Crippen LogP contribution in [0.2, 0.25) is 0 Å². The van der Waals surface area contributed by atoms with Crippen molar-refractivity contribution >= 4 is 17.7 Å². The Hall–Kier alpha value is -2.15. The molecule has 1 aliphatic rings. The quantitative estimate of drug-likeness (QED) is 0.767. The van der Waals surface area contributed by atoms with Crippen LogP contribution in [0.25, 0.3) is 0 Å². The Kier molecular flexibility index (Phi) is 7.18. The third kappa shape index (κ3) is 5.19. The number of anilines is 1. The second-order valence-electron chi connectivity index (χ2n) is 7.59. The van der Waals surface area contributed by atoms with Crippen LogP contribution < -0.4 is 10.2 Å². The molecule has 0 aromatic carbocycles. The summed E-state index contributed by atoms with van der Waals surface area (Å²) in [7, 11) is 2.19. The molecule has 1 aliphatic heterocycles. The van der Waals surface area contributed by atoms with E-state index in [-0.39, 0.29) is 18.1 Å². The van der Waals surface area contributed by atoms with Crippen molar-refractivity contribution in [3.63, 3.8) is 0 Å². The van der Waals surface area contributed by atoms with Crippen LogP contribution in [-0.2, 0) is 4.74 Å². The van der Waals surface area contributed by atoms with Crippen LogP contribution in [0.4, 0.5) is 10.5 Å². The first-order valence-electron chi connectivity index (χ1n) is 9.80. The average molecular weight is 378 g/mol. The smallest absolute Gasteiger partial charge is 0.340 e. The maximum atomic E-state index is 13.0. The second-order valence-corrected chi connectivity index (χ2v) is 7.59. The van der Waals surface area contributed by atoms with Gasteiger partial charge in [-0.1, -0.05) is 0 Å². The molecule has 2 amide bonds. The van der Waals surface area contributed by atoms with Crippen LogP contribution in [0.15, 0.2) is 6.07 Å². The van der Waals surface area contributed by atoms with Gasteiger partial charge in [0.25, 0.3) is 0 Å². The molecule has 0 atom stereocenters. The molecule has 150 valence electrons. The minimum atomic E-state index is -0.419. The lowest BCUT2D eigenvalue weighted by molar-refractivity contribution is -0.885. The van der Waals surface area contributed by atoms with Crippen LogP contribution in [0, 0.1) is 13.8 Å². The maximum Gasteiger partial charge on any atom is 0.340 e. The zero-order chi connectivity index (χ0) is 20.1. The number of pyridine rings is 1. The minimum absolute atomic E-state index is 0.0941. The van der Waals surface area contributed by atoms with Crippen molar-refractivity contribution in [1.29, 1.82) is 0 Å². The van der Waals surface area contributed by atoms with Gasteiger partial charge in [-0.2, -0.15) is 0 Å². The number of hydrogen-bond acceptors (Lipinski definition) is 4. The van der Waals surface area contributed by atoms with Crippen LogP contribution in [0.5, 0.6) is 0 Å². The van der Waals surface area contributed by atoms with Gasteiger partial charge >= 0.3 is 12.0 Å². The van der Waals surface area contributed by atoms with Gasteiger partial charge in [0.2, 0.25) is 0 Å². The highest BCUT2D eigenvalue weighted by atomic mass is 16.5. The molecule has 1 aromatic rings. The lowest BCUT2D eigenvalue weighted by Crippen LogP contribution is -3.10. The second kappa shape index (κ2) is 9.17. The van der Waals surface area contributed by atoms with Gasteiger partial charge in [-0.15, -0.1) is 0 Å². The van der Waals surface area contributed by atoms with Crippen molar-refractivity contribution in [2.45, 2.75) is 59.5 Å². The molecule has 2 rings (SSSR count). The molecule has 27 heavy (non-hydrogen) atoms. The summed E-state index contributed by atoms with van der Waals surface area (Å²) in [5.74, 6) is -0.419. The first kappa shape index (κ1) is 21.2. The molecular formula is C20H33N4O3+. The van der Waals surface area contributed by atoms with Gasteiger partial charge in [0.1, 0.15) is 0 Å². The SMILES string of the molecule is CCOC(=O)c1cc(NC(=O)N(C(C)C)C2CC[NH+](C)CC2)c(C)nc1C. The number of urea groups is 1. The Labute approximate surface area is 162 Å². The zero-order valence-corrected chi connectivity index (χ0v) is 17.4. The van der Waals surface area contributed by atoms with Crippen LogP contribution in [-0.4, -0.2) is 60.7 Å². The van der Waals surface area contributed by atoms with Crippen molar-refractivity contribution in [3.05, 3.63) is 23.0 Å². The first-order valence-corrected chi connectivity index (χ1v) is 9.80. The van der Waals surface area contributed by atoms with Crippen molar-refractivity contribution < 1.29 is 19.2 Å². The molecule has 1 fully saturated rings. The van der Waals surface area contributed by atoms with Crippen LogP contribution >= 0.6 is 0 Å². The molecule has 0 saturated carbocycles. The fourth-order valence-corrected chi connectivity index (χ4v) is 3.64. The highest BCUT2D eigenvalue weighted by molar-refractivity contribution is 5.95. The van der Waals surface area contributed by atoms with Crippen molar-refractivity contribution in [1.82, 2.24) is 9.88 Å². The number of ether oxygens (including phenoxy) is 1. The molecule has 0 aliphatic carbocycles. The third-order valence-corrected chi connectivity index (χ3v) is 5.13. The fraction of sp³-hybridized carbons (Fsp3) is 0.650. The number of carbonyl (C=O) groups is 2. The van der Waals surface area contributed by atoms with E-state index in [1.807, 2.05) is 25.7 Å². The molecule has 0 radical (unpaired) electrons. The summed E-state index contributed by atoms with van der Waals surface area (Å²) in [4.78, 5) is 33.0. The topological polar surface area (TPSA) is 76.0 Å². The number of amides is 2. The van der Waals surface area contributed by atoms with Crippen LogP contribution in [0.1, 0.15) is 55.4 Å². The number of aryl methyl sites for hydroxylation is 2. The summed E-state index contributed by atoms with van der Waals surface area (Å²) in [6.07, 6.45) is 1.99. The largest absolute Gasteiger partial charge is 0.462 e. The normalized spacial score (nSPS) is 19.7. The van der Waals surface area contributed by atoms with E-state index in [1.165, 1.54) is 4.90 Å². The number of piperidine rings is 1. The van der Waals surface area contributed by atoms with Crippen molar-refractivity contribution in [3.8, 4) is 0 Å². The zero-order valence-electron chi connectivity index (χ0n) is 17.4. The molecule has 1 aromatic heterocycles. The van der Waals surface area contributed by atoms with Gasteiger partial charge in [-0.25, -0.2) is 9.59 Å². The molecule has 7 heteroatoms. The number of nitrogens with zero attached hydrogens (tertiary/aromatic N) is 2. The molecule has 0 unspecified atom stereocenters. The molecule has 2 heterocycles. The fourth-order valence-electron chi connectivity index (χ4n) is 3.64. The van der Waals surface area contributed by atoms with Gasteiger partial charge in [0, 0.05) is 24.9 Å². The van der Waals surface area contributed by atoms with Crippen molar-refractivity contribution in [2.75, 3.05) is 32.1 Å². The Balaban J connectivity index is 2.21. The average Bonchev–Trinajstić information content (AvgIpc) is 2.59. The maximum absolute atomic E-state index is 13.0. The standard InChI is InChI=1S/C20H32N4O3/c1-7-27-19(25)17-12-18(15(5)21-14(17)4)22-20(26)24(13(2)3)16-8-10-23(6)11-9-16/h12-13,16H,7-11H2,1-6H3,(H,22,26)/p+1. The predicted octanol–water partition coefficient (Wildman–Crippen LogP) is 1.79. The van der Waals surface area contributed by atoms with E-state index in [9.17, 15) is 9.59 Å². The summed E-state index contributed by atoms with van der Waals surface area (Å²) >= 11 is 0. The van der Waals surface area contributed by atoms with Gasteiger partial charge in [-0.3, -0.25) is 4.98 Å². The highest BCUT2D eigenvalue weighted by Crippen LogP contribution is 2.21. The first-order chi connectivity index (χ1) is 12.7. The Morgan fingerprint density at radius 3 is 2.48 bits per heavy atom. The summed E-state index contributed by atoms with van der Waals surface area (Å²) in [6.45, 7) is 11.9. The van der Waals surface area contributed by atoms with E-state index in [2.05, 4.69) is 17.3 Å². The summed E-state index contributed by atoms with van der Waals surface area (Å²) in [5.41, 5.74) is 2.22. The molecular weight excluding hydrogens is 344 g/mol. The van der Waals surface area contributed by atoms with E-state index in [0.29, 0.717) is 29.2 Å². The predicted molar refractivity (Wildman–Crippen MR) is 105 cm³/mol. The molecule has 0 spiro atoms. The lowest BCUT2D eigenvalue weighted by atomic mass is 10.0. The van der Waals surface area contributed by atoms with E-state index in [4.69, 9.17) is 4.74 Å². The molecule has 1 saturated heterocycles. The van der Waals surface area contributed by atoms with Crippen LogP contribution in [0.3, 0.4) is 0 Å². The van der Waals surface area contributed by atoms with E-state index >= 15 is 0 Å². The molecule has 7 nitrogen and oxygen atoms in total. The monoisotopic (exact) mass is 377 g/mol. The number of carbonyl (C=O) groups excluding carboxylic acids is 2. The Morgan fingerprint density at radius 1 is 1.30 bits per heavy atom. The number of quaternary nitrogens is 1. The molecule has 0 bridgehead atoms. The Bertz CT molecular complexity index is 682. The highest BCUT2D eigenvalue weighted by Gasteiger charge is 2.31. The van der Waals surface area contributed by atoms with Gasteiger partial charge in [-0.05, 0) is 40.7 Å². The van der Waals surface area contributed by atoms with E-state index in [0.717, 1.165) is 25.9 Å². The number of nitrogens with one attached hydrogen (secondary N) is 2. The number of hydrogen-bond donors (Lipinski definition) is 2. The summed E-state index contributed by atoms with van der Waals surface area (Å²) in [5, 5.41) is 2.97. The number of rotatable bonds is 5. The van der Waals surface area contributed by atoms with E-state index in [1.54, 1.807) is 19.9 Å². The number of aromatic nitrogens is 1. The van der Waals surface area contributed by atoms with E-state index < -0.39 is 5.97 Å². The summed E-state index contributed by atoms with van der Waals surface area (Å²) in [6, 6.07) is 1.86. The summed E-state index contributed by atoms with van der Waals surface area (Å²) < 4.78 is 5.10. The Morgan fingerprint density at radius 2 is 1.93 bits per heavy atom. The van der Waals surface area contributed by atoms with Gasteiger partial charge in [0.05, 0.1) is 49.4 Å². The number of esters is 1. The lowest BCUT2D eigenvalue weighted by Gasteiger charge is -2.38. The molecule has 2 N–H and O–H groups in total. The third-order valence-electron chi connectivity index (χ3n) is 5.13. The van der Waals surface area contributed by atoms with Crippen molar-refractivity contribution in [2.24, 2.45) is 0 Å². The van der Waals surface area contributed by atoms with Gasteiger partial charge < -0.3 is 19.9 Å².